The monoisotopic (exact) mass is 484 g/mol. The number of hydrogen-bond donors (Lipinski definition) is 1. The molecule has 184 valence electrons. The Labute approximate surface area is 210 Å². The van der Waals surface area contributed by atoms with Crippen molar-refractivity contribution in [2.45, 2.75) is 32.6 Å². The number of ether oxygens (including phenoxy) is 4. The average Bonchev–Trinajstić information content (AvgIpc) is 2.88. The molecule has 1 aliphatic heterocycles. The van der Waals surface area contributed by atoms with Crippen LogP contribution in [0.15, 0.2) is 78.2 Å². The minimum Gasteiger partial charge on any atom is -0.494 e. The fraction of sp³-hybridized carbons (Fsp3) is 0.241. The third-order valence-electron chi connectivity index (χ3n) is 5.74. The highest BCUT2D eigenvalue weighted by Crippen LogP contribution is 2.44. The Bertz CT molecular complexity index is 1330. The van der Waals surface area contributed by atoms with Crippen LogP contribution >= 0.6 is 0 Å². The number of carbonyl (C=O) groups excluding carboxylic acids is 1. The predicted octanol–water partition coefficient (Wildman–Crippen LogP) is 5.70. The highest BCUT2D eigenvalue weighted by atomic mass is 16.5. The van der Waals surface area contributed by atoms with Crippen molar-refractivity contribution in [1.29, 1.82) is 5.26 Å². The van der Waals surface area contributed by atoms with Crippen LogP contribution < -0.4 is 24.7 Å². The van der Waals surface area contributed by atoms with E-state index in [-0.39, 0.29) is 5.88 Å². The summed E-state index contributed by atoms with van der Waals surface area (Å²) in [5, 5.41) is 9.84. The summed E-state index contributed by atoms with van der Waals surface area (Å²) >= 11 is 0. The molecule has 0 spiro atoms. The van der Waals surface area contributed by atoms with Crippen molar-refractivity contribution < 1.29 is 23.7 Å². The molecule has 7 heteroatoms. The van der Waals surface area contributed by atoms with Crippen molar-refractivity contribution in [2.75, 3.05) is 13.2 Å². The number of fused-ring (bicyclic) bond motifs is 1. The molecule has 1 heterocycles. The van der Waals surface area contributed by atoms with Gasteiger partial charge in [-0.3, -0.25) is 0 Å². The van der Waals surface area contributed by atoms with Crippen molar-refractivity contribution in [1.82, 2.24) is 0 Å². The molecule has 4 rings (SSSR count). The van der Waals surface area contributed by atoms with Crippen molar-refractivity contribution in [3.05, 3.63) is 94.9 Å². The molecule has 3 aromatic carbocycles. The minimum atomic E-state index is -0.526. The van der Waals surface area contributed by atoms with Gasteiger partial charge in [0.25, 0.3) is 0 Å². The van der Waals surface area contributed by atoms with Crippen LogP contribution in [0, 0.1) is 11.3 Å². The van der Waals surface area contributed by atoms with E-state index in [1.165, 1.54) is 0 Å². The molecule has 0 fully saturated rings. The van der Waals surface area contributed by atoms with E-state index in [1.807, 2.05) is 31.2 Å². The number of nitriles is 1. The predicted molar refractivity (Wildman–Crippen MR) is 135 cm³/mol. The molecular formula is C29H28N2O5. The van der Waals surface area contributed by atoms with E-state index < -0.39 is 11.9 Å². The maximum Gasteiger partial charge on any atom is 0.343 e. The zero-order valence-electron chi connectivity index (χ0n) is 20.3. The zero-order chi connectivity index (χ0) is 25.5. The topological polar surface area (TPSA) is 104 Å². The van der Waals surface area contributed by atoms with Gasteiger partial charge >= 0.3 is 5.97 Å². The van der Waals surface area contributed by atoms with E-state index in [2.05, 4.69) is 13.0 Å². The van der Waals surface area contributed by atoms with Crippen LogP contribution in [0.3, 0.4) is 0 Å². The van der Waals surface area contributed by atoms with Crippen LogP contribution in [0.25, 0.3) is 0 Å². The number of carbonyl (C=O) groups is 1. The molecule has 0 radical (unpaired) electrons. The van der Waals surface area contributed by atoms with Crippen LogP contribution in [0.2, 0.25) is 0 Å². The standard InChI is InChI=1S/C29H28N2O5/c1-3-5-14-34-22-11-6-8-19(15-22)27-24-13-12-23(17-26(24)36-28(31)25(27)18-30)35-29(32)20-9-7-10-21(16-20)33-4-2/h6-13,15-17,27H,3-5,14,31H2,1-2H3. The Morgan fingerprint density at radius 2 is 1.78 bits per heavy atom. The Morgan fingerprint density at radius 3 is 2.53 bits per heavy atom. The maximum absolute atomic E-state index is 12.7. The molecule has 1 aliphatic rings. The van der Waals surface area contributed by atoms with E-state index >= 15 is 0 Å². The number of hydrogen-bond acceptors (Lipinski definition) is 7. The van der Waals surface area contributed by atoms with Crippen LogP contribution in [0.5, 0.6) is 23.0 Å². The average molecular weight is 485 g/mol. The second kappa shape index (κ2) is 11.3. The Hall–Kier alpha value is -4.44. The first-order valence-corrected chi connectivity index (χ1v) is 11.9. The molecule has 1 atom stereocenters. The summed E-state index contributed by atoms with van der Waals surface area (Å²) in [7, 11) is 0. The van der Waals surface area contributed by atoms with E-state index in [0.717, 1.165) is 29.7 Å². The van der Waals surface area contributed by atoms with Crippen molar-refractivity contribution >= 4 is 5.97 Å². The molecule has 0 saturated heterocycles. The third kappa shape index (κ3) is 5.44. The second-order valence-corrected chi connectivity index (χ2v) is 8.25. The molecule has 2 N–H and O–H groups in total. The number of rotatable bonds is 9. The van der Waals surface area contributed by atoms with Crippen molar-refractivity contribution in [2.24, 2.45) is 5.73 Å². The molecule has 0 aliphatic carbocycles. The first kappa shape index (κ1) is 24.7. The second-order valence-electron chi connectivity index (χ2n) is 8.25. The lowest BCUT2D eigenvalue weighted by Gasteiger charge is -2.27. The molecule has 0 bridgehead atoms. The van der Waals surface area contributed by atoms with Gasteiger partial charge in [-0.2, -0.15) is 5.26 Å². The lowest BCUT2D eigenvalue weighted by molar-refractivity contribution is 0.0734. The largest absolute Gasteiger partial charge is 0.494 e. The zero-order valence-corrected chi connectivity index (χ0v) is 20.3. The highest BCUT2D eigenvalue weighted by molar-refractivity contribution is 5.91. The number of nitrogens with zero attached hydrogens (tertiary/aromatic N) is 1. The minimum absolute atomic E-state index is 0.0141. The first-order valence-electron chi connectivity index (χ1n) is 11.9. The smallest absolute Gasteiger partial charge is 0.343 e. The van der Waals surface area contributed by atoms with E-state index in [9.17, 15) is 10.1 Å². The summed E-state index contributed by atoms with van der Waals surface area (Å²) in [4.78, 5) is 12.7. The van der Waals surface area contributed by atoms with Crippen molar-refractivity contribution in [3.8, 4) is 29.1 Å². The molecule has 0 saturated carbocycles. The van der Waals surface area contributed by atoms with Crippen LogP contribution in [-0.4, -0.2) is 19.2 Å². The van der Waals surface area contributed by atoms with E-state index in [1.54, 1.807) is 42.5 Å². The maximum atomic E-state index is 12.7. The summed E-state index contributed by atoms with van der Waals surface area (Å²) in [5.41, 5.74) is 8.41. The Morgan fingerprint density at radius 1 is 1.00 bits per heavy atom. The van der Waals surface area contributed by atoms with Gasteiger partial charge in [-0.15, -0.1) is 0 Å². The fourth-order valence-corrected chi connectivity index (χ4v) is 4.01. The lowest BCUT2D eigenvalue weighted by Crippen LogP contribution is -2.21. The molecule has 36 heavy (non-hydrogen) atoms. The third-order valence-corrected chi connectivity index (χ3v) is 5.74. The summed E-state index contributed by atoms with van der Waals surface area (Å²) < 4.78 is 22.7. The quantitative estimate of drug-likeness (QED) is 0.236. The number of esters is 1. The van der Waals surface area contributed by atoms with Crippen LogP contribution in [0.4, 0.5) is 0 Å². The van der Waals surface area contributed by atoms with Gasteiger partial charge in [0.2, 0.25) is 5.88 Å². The molecule has 0 aromatic heterocycles. The van der Waals surface area contributed by atoms with Gasteiger partial charge in [-0.25, -0.2) is 4.79 Å². The lowest BCUT2D eigenvalue weighted by atomic mass is 9.83. The Balaban J connectivity index is 1.62. The number of unbranched alkanes of at least 4 members (excludes halogenated alkanes) is 1. The molecular weight excluding hydrogens is 456 g/mol. The van der Waals surface area contributed by atoms with E-state index in [0.29, 0.717) is 41.6 Å². The Kier molecular flexibility index (Phi) is 7.76. The van der Waals surface area contributed by atoms with Gasteiger partial charge < -0.3 is 24.7 Å². The van der Waals surface area contributed by atoms with Crippen LogP contribution in [-0.2, 0) is 0 Å². The van der Waals surface area contributed by atoms with Gasteiger partial charge in [0.1, 0.15) is 34.6 Å². The van der Waals surface area contributed by atoms with Gasteiger partial charge in [0.05, 0.1) is 24.7 Å². The number of benzene rings is 3. The van der Waals surface area contributed by atoms with Gasteiger partial charge in [0, 0.05) is 11.6 Å². The SMILES string of the molecule is CCCCOc1cccc(C2C(C#N)=C(N)Oc3cc(OC(=O)c4cccc(OCC)c4)ccc32)c1. The van der Waals surface area contributed by atoms with Gasteiger partial charge in [-0.05, 0) is 55.3 Å². The fourth-order valence-electron chi connectivity index (χ4n) is 4.01. The van der Waals surface area contributed by atoms with Crippen LogP contribution in [0.1, 0.15) is 54.1 Å². The van der Waals surface area contributed by atoms with Gasteiger partial charge in [0.15, 0.2) is 0 Å². The highest BCUT2D eigenvalue weighted by Gasteiger charge is 2.31. The summed E-state index contributed by atoms with van der Waals surface area (Å²) in [5.74, 6) is 1.07. The summed E-state index contributed by atoms with van der Waals surface area (Å²) in [6, 6.07) is 21.7. The van der Waals surface area contributed by atoms with E-state index in [4.69, 9.17) is 24.7 Å². The van der Waals surface area contributed by atoms with Crippen molar-refractivity contribution in [3.63, 3.8) is 0 Å². The molecule has 1 unspecified atom stereocenters. The number of allylic oxidation sites excluding steroid dienone is 1. The summed E-state index contributed by atoms with van der Waals surface area (Å²) in [6.45, 7) is 5.10. The normalized spacial score (nSPS) is 14.3. The van der Waals surface area contributed by atoms with Gasteiger partial charge in [-0.1, -0.05) is 37.6 Å². The first-order chi connectivity index (χ1) is 17.5. The summed E-state index contributed by atoms with van der Waals surface area (Å²) in [6.07, 6.45) is 1.99. The molecule has 7 nitrogen and oxygen atoms in total. The molecule has 3 aromatic rings. The number of nitrogens with two attached hydrogens (primary N) is 1. The molecule has 0 amide bonds.